The molecule has 0 saturated carbocycles. The third kappa shape index (κ3) is 42.4. The molecule has 0 saturated heterocycles. The summed E-state index contributed by atoms with van der Waals surface area (Å²) in [5, 5.41) is 0. The van der Waals surface area contributed by atoms with E-state index in [2.05, 4.69) is 13.8 Å². The number of esters is 2. The van der Waals surface area contributed by atoms with Crippen molar-refractivity contribution in [2.45, 2.75) is 232 Å². The Morgan fingerprint density at radius 3 is 1.16 bits per heavy atom. The largest absolute Gasteiger partial charge is 0.756 e. The highest BCUT2D eigenvalue weighted by Gasteiger charge is 2.21. The van der Waals surface area contributed by atoms with Gasteiger partial charge in [0.25, 0.3) is 7.82 Å². The van der Waals surface area contributed by atoms with Crippen molar-refractivity contribution in [1.29, 1.82) is 0 Å². The Kier molecular flexibility index (Phi) is 37.8. The molecule has 0 heterocycles. The summed E-state index contributed by atoms with van der Waals surface area (Å²) in [6, 6.07) is 0. The molecule has 0 rings (SSSR count). The zero-order valence-electron chi connectivity index (χ0n) is 36.9. The highest BCUT2D eigenvalue weighted by molar-refractivity contribution is 7.45. The molecule has 0 amide bonds. The molecule has 0 radical (unpaired) electrons. The van der Waals surface area contributed by atoms with Crippen LogP contribution in [0.1, 0.15) is 226 Å². The third-order valence-corrected chi connectivity index (χ3v) is 11.3. The van der Waals surface area contributed by atoms with E-state index in [4.69, 9.17) is 18.5 Å². The number of hydrogen-bond donors (Lipinski definition) is 0. The second-order valence-corrected chi connectivity index (χ2v) is 18.5. The number of hydrogen-bond acceptors (Lipinski definition) is 8. The Labute approximate surface area is 340 Å². The van der Waals surface area contributed by atoms with Crippen molar-refractivity contribution in [3.63, 3.8) is 0 Å². The Morgan fingerprint density at radius 1 is 0.491 bits per heavy atom. The summed E-state index contributed by atoms with van der Waals surface area (Å²) >= 11 is 0. The normalized spacial score (nSPS) is 13.5. The first-order valence-corrected chi connectivity index (χ1v) is 24.7. The number of ether oxygens (including phenoxy) is 2. The minimum absolute atomic E-state index is 0.0262. The van der Waals surface area contributed by atoms with E-state index < -0.39 is 26.5 Å². The molecule has 0 N–H and O–H groups in total. The fourth-order valence-corrected chi connectivity index (χ4v) is 7.44. The van der Waals surface area contributed by atoms with E-state index in [1.54, 1.807) is 0 Å². The number of nitrogens with zero attached hydrogens (tertiary/aromatic N) is 1. The lowest BCUT2D eigenvalue weighted by Gasteiger charge is -2.28. The highest BCUT2D eigenvalue weighted by Crippen LogP contribution is 2.38. The van der Waals surface area contributed by atoms with Gasteiger partial charge in [-0.25, -0.2) is 0 Å². The van der Waals surface area contributed by atoms with E-state index in [0.717, 1.165) is 38.5 Å². The minimum Gasteiger partial charge on any atom is -0.756 e. The molecule has 2 unspecified atom stereocenters. The van der Waals surface area contributed by atoms with Gasteiger partial charge in [-0.2, -0.15) is 0 Å². The molecule has 0 aromatic rings. The van der Waals surface area contributed by atoms with E-state index >= 15 is 0 Å². The van der Waals surface area contributed by atoms with Crippen LogP contribution in [-0.2, 0) is 32.7 Å². The summed E-state index contributed by atoms with van der Waals surface area (Å²) in [7, 11) is 1.18. The second kappa shape index (κ2) is 38.5. The van der Waals surface area contributed by atoms with Gasteiger partial charge < -0.3 is 27.9 Å². The number of unbranched alkanes of at least 4 members (excludes halogenated alkanes) is 29. The third-order valence-electron chi connectivity index (χ3n) is 10.4. The van der Waals surface area contributed by atoms with Gasteiger partial charge in [0.2, 0.25) is 0 Å². The molecule has 2 atom stereocenters. The number of carbonyl (C=O) groups excluding carboxylic acids is 2. The van der Waals surface area contributed by atoms with Gasteiger partial charge in [-0.15, -0.1) is 0 Å². The monoisotopic (exact) mass is 804 g/mol. The first-order valence-electron chi connectivity index (χ1n) is 23.2. The number of phosphoric acid groups is 1. The van der Waals surface area contributed by atoms with Crippen molar-refractivity contribution in [1.82, 2.24) is 0 Å². The fraction of sp³-hybridized carbons (Fsp3) is 0.956. The van der Waals surface area contributed by atoms with Crippen LogP contribution >= 0.6 is 7.82 Å². The van der Waals surface area contributed by atoms with Crippen LogP contribution in [0.5, 0.6) is 0 Å². The molecule has 0 aliphatic heterocycles. The molecule has 0 aromatic heterocycles. The lowest BCUT2D eigenvalue weighted by molar-refractivity contribution is -0.870. The molecule has 0 bridgehead atoms. The van der Waals surface area contributed by atoms with E-state index in [1.165, 1.54) is 154 Å². The Balaban J connectivity index is 4.00. The van der Waals surface area contributed by atoms with Gasteiger partial charge in [0, 0.05) is 12.8 Å². The van der Waals surface area contributed by atoms with E-state index in [9.17, 15) is 19.0 Å². The summed E-state index contributed by atoms with van der Waals surface area (Å²) < 4.78 is 33.7. The molecule has 10 heteroatoms. The summed E-state index contributed by atoms with van der Waals surface area (Å²) in [4.78, 5) is 37.3. The topological polar surface area (TPSA) is 111 Å². The summed E-state index contributed by atoms with van der Waals surface area (Å²) in [5.74, 6) is -0.831. The van der Waals surface area contributed by atoms with Gasteiger partial charge in [-0.05, 0) is 12.8 Å². The first-order chi connectivity index (χ1) is 26.5. The number of carbonyl (C=O) groups is 2. The van der Waals surface area contributed by atoms with Gasteiger partial charge in [0.05, 0.1) is 27.7 Å². The molecular weight excluding hydrogens is 713 g/mol. The Hall–Kier alpha value is -0.990. The molecule has 328 valence electrons. The molecule has 55 heavy (non-hydrogen) atoms. The van der Waals surface area contributed by atoms with Gasteiger partial charge >= 0.3 is 11.9 Å². The number of likely N-dealkylation sites (N-methyl/N-ethyl adjacent to an activating group) is 1. The van der Waals surface area contributed by atoms with Gasteiger partial charge in [0.1, 0.15) is 19.8 Å². The highest BCUT2D eigenvalue weighted by atomic mass is 31.2. The van der Waals surface area contributed by atoms with Gasteiger partial charge in [0.15, 0.2) is 6.10 Å². The van der Waals surface area contributed by atoms with Crippen molar-refractivity contribution in [3.8, 4) is 0 Å². The van der Waals surface area contributed by atoms with Crippen molar-refractivity contribution in [2.75, 3.05) is 47.5 Å². The lowest BCUT2D eigenvalue weighted by Crippen LogP contribution is -2.37. The van der Waals surface area contributed by atoms with E-state index in [1.807, 2.05) is 21.1 Å². The van der Waals surface area contributed by atoms with Crippen LogP contribution in [0.2, 0.25) is 0 Å². The van der Waals surface area contributed by atoms with Gasteiger partial charge in [-0.3, -0.25) is 14.2 Å². The van der Waals surface area contributed by atoms with Crippen LogP contribution in [0.15, 0.2) is 0 Å². The smallest absolute Gasteiger partial charge is 0.306 e. The quantitative estimate of drug-likeness (QED) is 0.0259. The van der Waals surface area contributed by atoms with Crippen molar-refractivity contribution >= 4 is 19.8 Å². The SMILES string of the molecule is CCCCCCCCCCCCCCCCCCCCCCCCCCCC(=O)OC(COC(=O)CCCCCCCC)COP(=O)([O-])OCC[N+](C)(C)C. The maximum absolute atomic E-state index is 12.6. The fourth-order valence-electron chi connectivity index (χ4n) is 6.72. The molecule has 0 aliphatic rings. The first kappa shape index (κ1) is 54.0. The second-order valence-electron chi connectivity index (χ2n) is 17.1. The van der Waals surface area contributed by atoms with Crippen molar-refractivity contribution in [2.24, 2.45) is 0 Å². The number of quaternary nitrogens is 1. The molecule has 9 nitrogen and oxygen atoms in total. The summed E-state index contributed by atoms with van der Waals surface area (Å²) in [6.45, 7) is 4.19. The van der Waals surface area contributed by atoms with Crippen molar-refractivity contribution in [3.05, 3.63) is 0 Å². The molecule has 0 spiro atoms. The lowest BCUT2D eigenvalue weighted by atomic mass is 10.0. The predicted molar refractivity (Wildman–Crippen MR) is 227 cm³/mol. The summed E-state index contributed by atoms with van der Waals surface area (Å²) in [5.41, 5.74) is 0. The molecule has 0 fully saturated rings. The number of rotatable bonds is 43. The minimum atomic E-state index is -4.61. The van der Waals surface area contributed by atoms with Crippen LogP contribution in [-0.4, -0.2) is 70.0 Å². The van der Waals surface area contributed by atoms with Crippen LogP contribution in [0.3, 0.4) is 0 Å². The van der Waals surface area contributed by atoms with Crippen LogP contribution in [0.4, 0.5) is 0 Å². The predicted octanol–water partition coefficient (Wildman–Crippen LogP) is 12.6. The average molecular weight is 804 g/mol. The van der Waals surface area contributed by atoms with Crippen LogP contribution in [0, 0.1) is 0 Å². The van der Waals surface area contributed by atoms with Crippen molar-refractivity contribution < 1.29 is 42.1 Å². The summed E-state index contributed by atoms with van der Waals surface area (Å²) in [6.07, 6.45) is 38.9. The standard InChI is InChI=1S/C45H90NO8P/c1-6-8-10-12-14-15-16-17-18-19-20-21-22-23-24-25-26-27-28-29-30-31-32-34-36-38-45(48)54-43(41-51-44(47)37-35-33-13-11-9-7-2)42-53-55(49,50)52-40-39-46(3,4)5/h43H,6-42H2,1-5H3. The average Bonchev–Trinajstić information content (AvgIpc) is 3.13. The Morgan fingerprint density at radius 2 is 0.818 bits per heavy atom. The van der Waals surface area contributed by atoms with E-state index in [0.29, 0.717) is 17.4 Å². The molecule has 0 aliphatic carbocycles. The Bertz CT molecular complexity index is 912. The zero-order valence-corrected chi connectivity index (χ0v) is 37.8. The van der Waals surface area contributed by atoms with Gasteiger partial charge in [-0.1, -0.05) is 200 Å². The van der Waals surface area contributed by atoms with E-state index in [-0.39, 0.29) is 32.0 Å². The van der Waals surface area contributed by atoms with Crippen LogP contribution in [0.25, 0.3) is 0 Å². The number of phosphoric ester groups is 1. The maximum atomic E-state index is 12.6. The maximum Gasteiger partial charge on any atom is 0.306 e. The molecular formula is C45H90NO8P. The molecule has 0 aromatic carbocycles. The zero-order chi connectivity index (χ0) is 40.7. The van der Waals surface area contributed by atoms with Crippen LogP contribution < -0.4 is 4.89 Å².